The number of hydrogen-bond acceptors (Lipinski definition) is 7. The fraction of sp³-hybridized carbons (Fsp3) is 0.480. The summed E-state index contributed by atoms with van der Waals surface area (Å²) in [7, 11) is 1.77. The van der Waals surface area contributed by atoms with Crippen molar-refractivity contribution in [3.05, 3.63) is 45.9 Å². The molecule has 1 aliphatic rings. The molecule has 0 aliphatic heterocycles. The molecule has 0 spiro atoms. The normalized spacial score (nSPS) is 18.6. The number of hydrogen-bond donors (Lipinski definition) is 2. The fourth-order valence-corrected chi connectivity index (χ4v) is 4.50. The van der Waals surface area contributed by atoms with Gasteiger partial charge in [-0.25, -0.2) is 14.4 Å². The second-order valence-electron chi connectivity index (χ2n) is 8.97. The number of likely N-dealkylation sites (N-methyl/N-ethyl adjacent to an activating group) is 1. The molecule has 2 N–H and O–H groups in total. The summed E-state index contributed by atoms with van der Waals surface area (Å²) in [6.07, 6.45) is 0.411. The third-order valence-electron chi connectivity index (χ3n) is 6.24. The summed E-state index contributed by atoms with van der Waals surface area (Å²) in [6, 6.07) is 5.26. The first-order valence-corrected chi connectivity index (χ1v) is 11.8. The summed E-state index contributed by atoms with van der Waals surface area (Å²) in [5.41, 5.74) is 4.72. The number of nitrogens with one attached hydrogen (secondary N) is 1. The van der Waals surface area contributed by atoms with E-state index in [1.54, 1.807) is 25.2 Å². The molecule has 7 nitrogen and oxygen atoms in total. The van der Waals surface area contributed by atoms with Gasteiger partial charge < -0.3 is 19.7 Å². The molecule has 1 atom stereocenters. The standard InChI is InChI=1S/C25H30ClFN4O3/c1-13-22(9-16-7-17(27)8-16)29-25(30-24(13)23-14(2)31-34-15(23)3)20-10-19(5-6-21(20)26)33-12-18(32)11-28-4/h5-6,10,16-18,28,32H,7-9,11-12H2,1-4H3/t16?,17?,18-/m1/s1. The maximum absolute atomic E-state index is 13.5. The molecule has 1 aliphatic carbocycles. The Balaban J connectivity index is 1.75. The number of aryl methyl sites for hydroxylation is 2. The number of rotatable bonds is 9. The molecule has 2 aromatic heterocycles. The van der Waals surface area contributed by atoms with E-state index in [9.17, 15) is 9.50 Å². The van der Waals surface area contributed by atoms with Crippen molar-refractivity contribution in [1.82, 2.24) is 20.4 Å². The lowest BCUT2D eigenvalue weighted by Crippen LogP contribution is -2.29. The molecular formula is C25H30ClFN4O3. The van der Waals surface area contributed by atoms with E-state index >= 15 is 0 Å². The third-order valence-corrected chi connectivity index (χ3v) is 6.57. The molecule has 2 heterocycles. The SMILES string of the molecule is CNC[C@@H](O)COc1ccc(Cl)c(-c2nc(CC3CC(F)C3)c(C)c(-c3c(C)noc3C)n2)c1. The highest BCUT2D eigenvalue weighted by atomic mass is 35.5. The first kappa shape index (κ1) is 24.6. The second kappa shape index (κ2) is 10.4. The lowest BCUT2D eigenvalue weighted by Gasteiger charge is -2.30. The van der Waals surface area contributed by atoms with Crippen molar-refractivity contribution in [2.24, 2.45) is 5.92 Å². The molecule has 0 bridgehead atoms. The van der Waals surface area contributed by atoms with Gasteiger partial charge in [0.2, 0.25) is 0 Å². The van der Waals surface area contributed by atoms with Crippen molar-refractivity contribution in [2.45, 2.75) is 52.3 Å². The molecule has 4 rings (SSSR count). The van der Waals surface area contributed by atoms with E-state index in [1.165, 1.54) is 0 Å². The number of nitrogens with zero attached hydrogens (tertiary/aromatic N) is 3. The summed E-state index contributed by atoms with van der Waals surface area (Å²) in [4.78, 5) is 9.74. The Bertz CT molecular complexity index is 1140. The molecule has 0 saturated heterocycles. The van der Waals surface area contributed by atoms with E-state index in [-0.39, 0.29) is 12.5 Å². The monoisotopic (exact) mass is 488 g/mol. The molecule has 3 aromatic rings. The molecule has 182 valence electrons. The zero-order valence-electron chi connectivity index (χ0n) is 19.9. The van der Waals surface area contributed by atoms with Crippen LogP contribution < -0.4 is 10.1 Å². The van der Waals surface area contributed by atoms with Gasteiger partial charge in [-0.3, -0.25) is 0 Å². The van der Waals surface area contributed by atoms with Crippen LogP contribution in [0.25, 0.3) is 22.6 Å². The molecule has 0 amide bonds. The Morgan fingerprint density at radius 2 is 2.03 bits per heavy atom. The van der Waals surface area contributed by atoms with E-state index in [0.717, 1.165) is 28.2 Å². The van der Waals surface area contributed by atoms with Gasteiger partial charge in [-0.1, -0.05) is 16.8 Å². The molecule has 9 heteroatoms. The molecule has 1 fully saturated rings. The van der Waals surface area contributed by atoms with Crippen LogP contribution in [0.4, 0.5) is 4.39 Å². The van der Waals surface area contributed by atoms with Crippen LogP contribution in [0, 0.1) is 26.7 Å². The van der Waals surface area contributed by atoms with Crippen LogP contribution in [0.3, 0.4) is 0 Å². The molecular weight excluding hydrogens is 459 g/mol. The van der Waals surface area contributed by atoms with Crippen molar-refractivity contribution < 1.29 is 18.8 Å². The van der Waals surface area contributed by atoms with Crippen LogP contribution in [0.15, 0.2) is 22.7 Å². The van der Waals surface area contributed by atoms with Gasteiger partial charge in [-0.05, 0) is 76.8 Å². The van der Waals surface area contributed by atoms with E-state index in [0.29, 0.717) is 53.7 Å². The summed E-state index contributed by atoms with van der Waals surface area (Å²) in [6.45, 7) is 6.28. The second-order valence-corrected chi connectivity index (χ2v) is 9.38. The Kier molecular flexibility index (Phi) is 7.50. The van der Waals surface area contributed by atoms with E-state index in [2.05, 4.69) is 10.5 Å². The number of alkyl halides is 1. The molecule has 1 aromatic carbocycles. The van der Waals surface area contributed by atoms with Crippen molar-refractivity contribution in [3.63, 3.8) is 0 Å². The number of aromatic nitrogens is 3. The number of aliphatic hydroxyl groups excluding tert-OH is 1. The minimum Gasteiger partial charge on any atom is -0.491 e. The largest absolute Gasteiger partial charge is 0.491 e. The highest BCUT2D eigenvalue weighted by Gasteiger charge is 2.31. The van der Waals surface area contributed by atoms with Crippen molar-refractivity contribution in [1.29, 1.82) is 0 Å². The average Bonchev–Trinajstić information content (AvgIpc) is 3.11. The van der Waals surface area contributed by atoms with E-state index in [4.69, 9.17) is 30.8 Å². The maximum Gasteiger partial charge on any atom is 0.161 e. The Morgan fingerprint density at radius 3 is 2.68 bits per heavy atom. The van der Waals surface area contributed by atoms with E-state index < -0.39 is 12.3 Å². The predicted octanol–water partition coefficient (Wildman–Crippen LogP) is 4.63. The molecule has 0 unspecified atom stereocenters. The first-order valence-electron chi connectivity index (χ1n) is 11.5. The molecule has 0 radical (unpaired) electrons. The van der Waals surface area contributed by atoms with E-state index in [1.807, 2.05) is 20.8 Å². The number of benzene rings is 1. The summed E-state index contributed by atoms with van der Waals surface area (Å²) in [5.74, 6) is 1.94. The topological polar surface area (TPSA) is 93.3 Å². The highest BCUT2D eigenvalue weighted by Crippen LogP contribution is 2.38. The van der Waals surface area contributed by atoms with Crippen LogP contribution in [0.1, 0.15) is 35.6 Å². The summed E-state index contributed by atoms with van der Waals surface area (Å²) in [5, 5.41) is 17.4. The third kappa shape index (κ3) is 5.24. The number of halogens is 2. The first-order chi connectivity index (χ1) is 16.3. The summed E-state index contributed by atoms with van der Waals surface area (Å²) < 4.78 is 24.7. The van der Waals surface area contributed by atoms with Crippen LogP contribution in [0.2, 0.25) is 5.02 Å². The Morgan fingerprint density at radius 1 is 1.26 bits per heavy atom. The predicted molar refractivity (Wildman–Crippen MR) is 129 cm³/mol. The van der Waals surface area contributed by atoms with Crippen LogP contribution in [0.5, 0.6) is 5.75 Å². The smallest absolute Gasteiger partial charge is 0.161 e. The zero-order chi connectivity index (χ0) is 24.4. The minimum atomic E-state index is -0.727. The lowest BCUT2D eigenvalue weighted by molar-refractivity contribution is 0.108. The van der Waals surface area contributed by atoms with Gasteiger partial charge in [-0.15, -0.1) is 0 Å². The van der Waals surface area contributed by atoms with Crippen LogP contribution in [-0.2, 0) is 6.42 Å². The lowest BCUT2D eigenvalue weighted by atomic mass is 9.79. The van der Waals surface area contributed by atoms with Crippen molar-refractivity contribution in [3.8, 4) is 28.4 Å². The van der Waals surface area contributed by atoms with Gasteiger partial charge in [0.05, 0.1) is 22.0 Å². The van der Waals surface area contributed by atoms with Crippen LogP contribution in [-0.4, -0.2) is 52.7 Å². The zero-order valence-corrected chi connectivity index (χ0v) is 20.6. The van der Waals surface area contributed by atoms with Crippen LogP contribution >= 0.6 is 11.6 Å². The van der Waals surface area contributed by atoms with Crippen molar-refractivity contribution in [2.75, 3.05) is 20.2 Å². The quantitative estimate of drug-likeness (QED) is 0.453. The Labute approximate surface area is 203 Å². The van der Waals surface area contributed by atoms with Crippen molar-refractivity contribution >= 4 is 11.6 Å². The average molecular weight is 489 g/mol. The maximum atomic E-state index is 13.5. The number of ether oxygens (including phenoxy) is 1. The Hall–Kier alpha value is -2.55. The number of aliphatic hydroxyl groups is 1. The highest BCUT2D eigenvalue weighted by molar-refractivity contribution is 6.33. The van der Waals surface area contributed by atoms with Gasteiger partial charge in [0, 0.05) is 17.8 Å². The molecule has 34 heavy (non-hydrogen) atoms. The van der Waals surface area contributed by atoms with Gasteiger partial charge >= 0.3 is 0 Å². The minimum absolute atomic E-state index is 0.137. The van der Waals surface area contributed by atoms with Gasteiger partial charge in [0.15, 0.2) is 5.82 Å². The summed E-state index contributed by atoms with van der Waals surface area (Å²) >= 11 is 6.56. The van der Waals surface area contributed by atoms with Gasteiger partial charge in [0.1, 0.15) is 30.4 Å². The molecule has 1 saturated carbocycles. The fourth-order valence-electron chi connectivity index (χ4n) is 4.29. The van der Waals surface area contributed by atoms with Gasteiger partial charge in [0.25, 0.3) is 0 Å². The van der Waals surface area contributed by atoms with Gasteiger partial charge in [-0.2, -0.15) is 0 Å².